The Labute approximate surface area is 45.9 Å². The van der Waals surface area contributed by atoms with E-state index in [1.54, 1.807) is 0 Å². The Kier molecular flexibility index (Phi) is 2.96. The van der Waals surface area contributed by atoms with Gasteiger partial charge in [-0.1, -0.05) is 0 Å². The molecular weight excluding hydrogens is 135 g/mol. The molecule has 0 aliphatic carbocycles. The standard InChI is InChI=1S/CH7N2O4P/c2-1-7-8(5,6)3-4/h5-6,8H,1-2H2. The zero-order valence-electron chi connectivity index (χ0n) is 3.94. The van der Waals surface area contributed by atoms with Crippen LogP contribution in [0.25, 0.3) is 0 Å². The van der Waals surface area contributed by atoms with Crippen molar-refractivity contribution in [1.29, 1.82) is 0 Å². The predicted octanol–water partition coefficient (Wildman–Crippen LogP) is -0.920. The first-order valence-electron chi connectivity index (χ1n) is 1.75. The normalized spacial score (nSPS) is 13.4. The minimum atomic E-state index is -4.23. The zero-order chi connectivity index (χ0) is 6.62. The third-order valence-corrected chi connectivity index (χ3v) is 1.19. The molecule has 7 heteroatoms. The van der Waals surface area contributed by atoms with Crippen molar-refractivity contribution in [3.8, 4) is 0 Å². The molecule has 0 aromatic carbocycles. The van der Waals surface area contributed by atoms with Crippen LogP contribution in [0.3, 0.4) is 0 Å². The Hall–Kier alpha value is -0.130. The van der Waals surface area contributed by atoms with Crippen LogP contribution >= 0.6 is 8.09 Å². The summed E-state index contributed by atoms with van der Waals surface area (Å²) in [6.45, 7) is -0.412. The molecule has 0 rings (SSSR count). The Morgan fingerprint density at radius 2 is 2.25 bits per heavy atom. The molecule has 0 aliphatic heterocycles. The molecule has 8 heavy (non-hydrogen) atoms. The second-order valence-corrected chi connectivity index (χ2v) is 2.60. The van der Waals surface area contributed by atoms with E-state index in [4.69, 9.17) is 9.79 Å². The van der Waals surface area contributed by atoms with Crippen molar-refractivity contribution in [2.75, 3.05) is 6.73 Å². The first-order valence-corrected chi connectivity index (χ1v) is 3.50. The molecule has 0 aromatic heterocycles. The van der Waals surface area contributed by atoms with E-state index in [2.05, 4.69) is 10.3 Å². The Balaban J connectivity index is 3.53. The van der Waals surface area contributed by atoms with Crippen LogP contribution in [0.15, 0.2) is 4.95 Å². The fourth-order valence-electron chi connectivity index (χ4n) is 0.138. The summed E-state index contributed by atoms with van der Waals surface area (Å²) in [5.74, 6) is 0. The summed E-state index contributed by atoms with van der Waals surface area (Å²) in [4.78, 5) is 27.7. The topological polar surface area (TPSA) is 105 Å². The summed E-state index contributed by atoms with van der Waals surface area (Å²) in [6.07, 6.45) is 0. The van der Waals surface area contributed by atoms with E-state index in [0.717, 1.165) is 0 Å². The summed E-state index contributed by atoms with van der Waals surface area (Å²) in [5.41, 5.74) is 4.68. The SMILES string of the molecule is NCO[PH](O)(O)N=O. The van der Waals surface area contributed by atoms with E-state index >= 15 is 0 Å². The van der Waals surface area contributed by atoms with Crippen molar-refractivity contribution in [3.63, 3.8) is 0 Å². The van der Waals surface area contributed by atoms with Crippen LogP contribution in [0.1, 0.15) is 0 Å². The van der Waals surface area contributed by atoms with Crippen molar-refractivity contribution < 1.29 is 14.3 Å². The predicted molar refractivity (Wildman–Crippen MR) is 28.7 cm³/mol. The van der Waals surface area contributed by atoms with Crippen LogP contribution in [-0.4, -0.2) is 16.5 Å². The van der Waals surface area contributed by atoms with E-state index in [0.29, 0.717) is 0 Å². The van der Waals surface area contributed by atoms with Crippen LogP contribution in [0, 0.1) is 4.91 Å². The molecule has 0 spiro atoms. The molecule has 50 valence electrons. The number of nitrogens with zero attached hydrogens (tertiary/aromatic N) is 1. The molecule has 0 heterocycles. The van der Waals surface area contributed by atoms with Gasteiger partial charge in [-0.15, -0.1) is 0 Å². The van der Waals surface area contributed by atoms with Crippen molar-refractivity contribution >= 4 is 8.09 Å². The molecule has 0 unspecified atom stereocenters. The quantitative estimate of drug-likeness (QED) is 0.268. The molecular formula is CH7N2O4P. The van der Waals surface area contributed by atoms with Gasteiger partial charge in [-0.3, -0.25) is 0 Å². The Morgan fingerprint density at radius 1 is 1.75 bits per heavy atom. The van der Waals surface area contributed by atoms with Gasteiger partial charge in [0.15, 0.2) is 0 Å². The molecule has 6 nitrogen and oxygen atoms in total. The summed E-state index contributed by atoms with van der Waals surface area (Å²) in [5, 5.41) is 0. The number of hydrogen-bond donors (Lipinski definition) is 3. The van der Waals surface area contributed by atoms with Gasteiger partial charge in [0.25, 0.3) is 0 Å². The number of rotatable bonds is 3. The molecule has 0 saturated carbocycles. The maximum atomic E-state index is 9.35. The van der Waals surface area contributed by atoms with Gasteiger partial charge in [-0.2, -0.15) is 0 Å². The van der Waals surface area contributed by atoms with E-state index in [1.807, 2.05) is 4.95 Å². The molecule has 0 aliphatic rings. The first kappa shape index (κ1) is 7.87. The zero-order valence-corrected chi connectivity index (χ0v) is 4.94. The van der Waals surface area contributed by atoms with E-state index in [9.17, 15) is 4.91 Å². The van der Waals surface area contributed by atoms with Gasteiger partial charge < -0.3 is 0 Å². The summed E-state index contributed by atoms with van der Waals surface area (Å²) in [7, 11) is -4.23. The second-order valence-electron chi connectivity index (χ2n) is 0.976. The van der Waals surface area contributed by atoms with E-state index in [1.165, 1.54) is 0 Å². The van der Waals surface area contributed by atoms with E-state index < -0.39 is 14.8 Å². The first-order chi connectivity index (χ1) is 3.62. The van der Waals surface area contributed by atoms with Crippen LogP contribution < -0.4 is 5.73 Å². The fourth-order valence-corrected chi connectivity index (χ4v) is 0.414. The van der Waals surface area contributed by atoms with Gasteiger partial charge >= 0.3 is 44.7 Å². The monoisotopic (exact) mass is 142 g/mol. The molecule has 0 fully saturated rings. The van der Waals surface area contributed by atoms with Crippen molar-refractivity contribution in [2.24, 2.45) is 10.7 Å². The van der Waals surface area contributed by atoms with Crippen LogP contribution in [-0.2, 0) is 4.52 Å². The van der Waals surface area contributed by atoms with Crippen molar-refractivity contribution in [3.05, 3.63) is 4.91 Å². The molecule has 0 saturated heterocycles. The van der Waals surface area contributed by atoms with Crippen LogP contribution in [0.5, 0.6) is 0 Å². The molecule has 0 radical (unpaired) electrons. The summed E-state index contributed by atoms with van der Waals surface area (Å²) < 4.78 is 3.93. The summed E-state index contributed by atoms with van der Waals surface area (Å²) in [6, 6.07) is 0. The van der Waals surface area contributed by atoms with Gasteiger partial charge in [0, 0.05) is 0 Å². The van der Waals surface area contributed by atoms with Crippen molar-refractivity contribution in [2.45, 2.75) is 0 Å². The van der Waals surface area contributed by atoms with Gasteiger partial charge in [-0.05, 0) is 0 Å². The third-order valence-electron chi connectivity index (χ3n) is 0.396. The third kappa shape index (κ3) is 2.95. The van der Waals surface area contributed by atoms with Crippen molar-refractivity contribution in [1.82, 2.24) is 0 Å². The fraction of sp³-hybridized carbons (Fsp3) is 1.00. The van der Waals surface area contributed by atoms with Gasteiger partial charge in [0.1, 0.15) is 0 Å². The van der Waals surface area contributed by atoms with Gasteiger partial charge in [0.2, 0.25) is 0 Å². The average molecular weight is 142 g/mol. The van der Waals surface area contributed by atoms with Crippen LogP contribution in [0.2, 0.25) is 0 Å². The van der Waals surface area contributed by atoms with Gasteiger partial charge in [-0.25, -0.2) is 0 Å². The Morgan fingerprint density at radius 3 is 2.38 bits per heavy atom. The van der Waals surface area contributed by atoms with Gasteiger partial charge in [0.05, 0.1) is 0 Å². The molecule has 4 N–H and O–H groups in total. The average Bonchev–Trinajstić information content (AvgIpc) is 1.67. The minimum absolute atomic E-state index is 0.412. The molecule has 0 atom stereocenters. The number of nitrogens with two attached hydrogens (primary N) is 1. The Bertz CT molecular complexity index is 84.1. The molecule has 0 amide bonds. The van der Waals surface area contributed by atoms with E-state index in [-0.39, 0.29) is 0 Å². The summed E-state index contributed by atoms with van der Waals surface area (Å²) >= 11 is 0. The molecule has 0 bridgehead atoms. The number of hydrogen-bond acceptors (Lipinski definition) is 6. The molecule has 0 aromatic rings. The number of nitroso groups, excluding NO2 is 1. The maximum absolute atomic E-state index is 9.35. The second kappa shape index (κ2) is 3.01. The van der Waals surface area contributed by atoms with Crippen LogP contribution in [0.4, 0.5) is 0 Å².